The number of likely N-dealkylation sites (tertiary alicyclic amines) is 1. The van der Waals surface area contributed by atoms with Crippen LogP contribution in [0.4, 0.5) is 4.39 Å². The molecule has 0 radical (unpaired) electrons. The van der Waals surface area contributed by atoms with Crippen LogP contribution in [0, 0.1) is 5.82 Å². The molecule has 4 rings (SSSR count). The lowest BCUT2D eigenvalue weighted by atomic mass is 9.94. The molecule has 1 fully saturated rings. The van der Waals surface area contributed by atoms with E-state index in [9.17, 15) is 19.1 Å². The molecular weight excluding hydrogens is 425 g/mol. The Bertz CT molecular complexity index is 1280. The largest absolute Gasteiger partial charge is 0.507 e. The number of hydrogen-bond acceptors (Lipinski definition) is 5. The number of hydrogen-bond donors (Lipinski definition) is 1. The molecule has 0 aliphatic carbocycles. The molecular formula is C25H26FN3O4. The lowest BCUT2D eigenvalue weighted by molar-refractivity contribution is -0.140. The van der Waals surface area contributed by atoms with E-state index in [-0.39, 0.29) is 23.4 Å². The molecule has 172 valence electrons. The second-order valence-corrected chi connectivity index (χ2v) is 8.35. The topological polar surface area (TPSA) is 75.0 Å². The van der Waals surface area contributed by atoms with Crippen molar-refractivity contribution in [1.82, 2.24) is 14.4 Å². The third kappa shape index (κ3) is 3.87. The highest BCUT2D eigenvalue weighted by Gasteiger charge is 2.47. The summed E-state index contributed by atoms with van der Waals surface area (Å²) in [6.07, 6.45) is 1.86. The van der Waals surface area contributed by atoms with E-state index < -0.39 is 29.3 Å². The van der Waals surface area contributed by atoms with Gasteiger partial charge in [0.25, 0.3) is 11.7 Å². The number of methoxy groups -OCH3 is 1. The molecule has 0 spiro atoms. The fourth-order valence-corrected chi connectivity index (χ4v) is 4.34. The van der Waals surface area contributed by atoms with Gasteiger partial charge in [-0.1, -0.05) is 18.2 Å². The smallest absolute Gasteiger partial charge is 0.295 e. The van der Waals surface area contributed by atoms with Crippen LogP contribution in [0.3, 0.4) is 0 Å². The molecule has 1 aliphatic heterocycles. The van der Waals surface area contributed by atoms with Crippen molar-refractivity contribution < 1.29 is 23.8 Å². The molecule has 7 nitrogen and oxygen atoms in total. The van der Waals surface area contributed by atoms with Crippen molar-refractivity contribution in [2.45, 2.75) is 6.04 Å². The quantitative estimate of drug-likeness (QED) is 0.354. The number of carbonyl (C=O) groups is 2. The Morgan fingerprint density at radius 2 is 1.91 bits per heavy atom. The number of aliphatic hydroxyl groups excluding tert-OH is 1. The minimum absolute atomic E-state index is 0.0216. The van der Waals surface area contributed by atoms with Crippen LogP contribution >= 0.6 is 0 Å². The van der Waals surface area contributed by atoms with E-state index in [0.717, 1.165) is 17.0 Å². The second-order valence-electron chi connectivity index (χ2n) is 8.35. The molecule has 1 aromatic heterocycles. The number of para-hydroxylation sites is 1. The molecule has 8 heteroatoms. The summed E-state index contributed by atoms with van der Waals surface area (Å²) >= 11 is 0. The average Bonchev–Trinajstić information content (AvgIpc) is 3.25. The number of amides is 1. The Hall–Kier alpha value is -3.65. The fourth-order valence-electron chi connectivity index (χ4n) is 4.34. The summed E-state index contributed by atoms with van der Waals surface area (Å²) in [4.78, 5) is 29.7. The van der Waals surface area contributed by atoms with Gasteiger partial charge in [-0.2, -0.15) is 0 Å². The SMILES string of the molecule is COc1ccc(F)cc1/C(O)=C1\C(=O)C(=O)N(CCN(C)C)C1c1cn(C)c2ccccc12. The number of fused-ring (bicyclic) bond motifs is 1. The van der Waals surface area contributed by atoms with Gasteiger partial charge in [-0.3, -0.25) is 9.59 Å². The van der Waals surface area contributed by atoms with Crippen molar-refractivity contribution in [3.63, 3.8) is 0 Å². The van der Waals surface area contributed by atoms with Crippen LogP contribution in [0.5, 0.6) is 5.75 Å². The molecule has 0 bridgehead atoms. The maximum atomic E-state index is 14.1. The van der Waals surface area contributed by atoms with Crippen LogP contribution < -0.4 is 4.74 Å². The summed E-state index contributed by atoms with van der Waals surface area (Å²) in [5.41, 5.74) is 1.57. The Labute approximate surface area is 191 Å². The first-order valence-corrected chi connectivity index (χ1v) is 10.6. The van der Waals surface area contributed by atoms with E-state index in [4.69, 9.17) is 4.74 Å². The van der Waals surface area contributed by atoms with E-state index in [2.05, 4.69) is 0 Å². The fraction of sp³-hybridized carbons (Fsp3) is 0.280. The van der Waals surface area contributed by atoms with Crippen molar-refractivity contribution in [1.29, 1.82) is 0 Å². The molecule has 1 amide bonds. The molecule has 2 heterocycles. The van der Waals surface area contributed by atoms with Crippen molar-refractivity contribution in [3.8, 4) is 5.75 Å². The zero-order valence-electron chi connectivity index (χ0n) is 19.0. The first-order valence-electron chi connectivity index (χ1n) is 10.6. The summed E-state index contributed by atoms with van der Waals surface area (Å²) in [5.74, 6) is -2.37. The van der Waals surface area contributed by atoms with Gasteiger partial charge in [0.1, 0.15) is 17.3 Å². The molecule has 1 saturated heterocycles. The van der Waals surface area contributed by atoms with Gasteiger partial charge in [0.2, 0.25) is 0 Å². The van der Waals surface area contributed by atoms with Gasteiger partial charge in [0.05, 0.1) is 24.3 Å². The summed E-state index contributed by atoms with van der Waals surface area (Å²) < 4.78 is 21.3. The van der Waals surface area contributed by atoms with Gasteiger partial charge in [0.15, 0.2) is 0 Å². The number of aromatic nitrogens is 1. The summed E-state index contributed by atoms with van der Waals surface area (Å²) in [5, 5.41) is 12.1. The van der Waals surface area contributed by atoms with E-state index in [1.54, 1.807) is 0 Å². The normalized spacial score (nSPS) is 18.0. The number of aliphatic hydroxyl groups is 1. The Morgan fingerprint density at radius 1 is 1.18 bits per heavy atom. The van der Waals surface area contributed by atoms with Crippen LogP contribution in [-0.4, -0.2) is 65.5 Å². The van der Waals surface area contributed by atoms with Gasteiger partial charge in [-0.05, 0) is 38.4 Å². The Kier molecular flexibility index (Phi) is 5.95. The van der Waals surface area contributed by atoms with E-state index >= 15 is 0 Å². The van der Waals surface area contributed by atoms with Crippen molar-refractivity contribution in [2.24, 2.45) is 7.05 Å². The molecule has 2 aromatic carbocycles. The molecule has 1 N–H and O–H groups in total. The van der Waals surface area contributed by atoms with Crippen LogP contribution in [0.25, 0.3) is 16.7 Å². The Morgan fingerprint density at radius 3 is 2.61 bits per heavy atom. The van der Waals surface area contributed by atoms with Crippen LogP contribution in [-0.2, 0) is 16.6 Å². The number of ketones is 1. The highest BCUT2D eigenvalue weighted by Crippen LogP contribution is 2.43. The summed E-state index contributed by atoms with van der Waals surface area (Å²) in [7, 11) is 7.03. The van der Waals surface area contributed by atoms with E-state index in [0.29, 0.717) is 12.1 Å². The monoisotopic (exact) mass is 451 g/mol. The highest BCUT2D eigenvalue weighted by molar-refractivity contribution is 6.46. The van der Waals surface area contributed by atoms with Crippen LogP contribution in [0.15, 0.2) is 54.2 Å². The lowest BCUT2D eigenvalue weighted by Crippen LogP contribution is -2.35. The summed E-state index contributed by atoms with van der Waals surface area (Å²) in [6, 6.07) is 10.5. The number of Topliss-reactive ketones (excluding diaryl/α,β-unsaturated/α-hetero) is 1. The van der Waals surface area contributed by atoms with E-state index in [1.165, 1.54) is 24.1 Å². The van der Waals surface area contributed by atoms with Crippen molar-refractivity contribution >= 4 is 28.4 Å². The van der Waals surface area contributed by atoms with E-state index in [1.807, 2.05) is 61.1 Å². The number of ether oxygens (including phenoxy) is 1. The van der Waals surface area contributed by atoms with Crippen LogP contribution in [0.1, 0.15) is 17.2 Å². The van der Waals surface area contributed by atoms with Crippen molar-refractivity contribution in [3.05, 3.63) is 71.2 Å². The third-order valence-electron chi connectivity index (χ3n) is 5.97. The van der Waals surface area contributed by atoms with Gasteiger partial charge in [-0.15, -0.1) is 0 Å². The molecule has 1 aliphatic rings. The number of aryl methyl sites for hydroxylation is 1. The van der Waals surface area contributed by atoms with Crippen LogP contribution in [0.2, 0.25) is 0 Å². The molecule has 1 atom stereocenters. The molecule has 0 saturated carbocycles. The molecule has 3 aromatic rings. The second kappa shape index (κ2) is 8.71. The number of likely N-dealkylation sites (N-methyl/N-ethyl adjacent to an activating group) is 1. The minimum Gasteiger partial charge on any atom is -0.507 e. The molecule has 33 heavy (non-hydrogen) atoms. The van der Waals surface area contributed by atoms with Gasteiger partial charge in [-0.25, -0.2) is 4.39 Å². The predicted octanol–water partition coefficient (Wildman–Crippen LogP) is 3.31. The zero-order chi connectivity index (χ0) is 23.9. The number of nitrogens with zero attached hydrogens (tertiary/aromatic N) is 3. The van der Waals surface area contributed by atoms with Gasteiger partial charge in [0, 0.05) is 42.8 Å². The van der Waals surface area contributed by atoms with Gasteiger partial charge < -0.3 is 24.2 Å². The first-order chi connectivity index (χ1) is 15.7. The highest BCUT2D eigenvalue weighted by atomic mass is 19.1. The number of benzene rings is 2. The maximum Gasteiger partial charge on any atom is 0.295 e. The molecule has 1 unspecified atom stereocenters. The first kappa shape index (κ1) is 22.5. The standard InChI is InChI=1S/C25H26FN3O4/c1-27(2)11-12-29-22(18-14-28(3)19-8-6-5-7-16(18)19)21(24(31)25(29)32)23(30)17-13-15(26)9-10-20(17)33-4/h5-10,13-14,22,30H,11-12H2,1-4H3/b23-21+. The zero-order valence-corrected chi connectivity index (χ0v) is 19.0. The lowest BCUT2D eigenvalue weighted by Gasteiger charge is -2.26. The third-order valence-corrected chi connectivity index (χ3v) is 5.97. The van der Waals surface area contributed by atoms with Gasteiger partial charge >= 0.3 is 0 Å². The Balaban J connectivity index is 1.98. The number of carbonyl (C=O) groups excluding carboxylic acids is 2. The minimum atomic E-state index is -0.830. The number of rotatable bonds is 6. The summed E-state index contributed by atoms with van der Waals surface area (Å²) in [6.45, 7) is 0.806. The average molecular weight is 451 g/mol. The van der Waals surface area contributed by atoms with Crippen molar-refractivity contribution in [2.75, 3.05) is 34.3 Å². The maximum absolute atomic E-state index is 14.1. The predicted molar refractivity (Wildman–Crippen MR) is 123 cm³/mol. The number of halogens is 1.